The molecular formula is C20H22N2O6. The fourth-order valence-corrected chi connectivity index (χ4v) is 3.09. The zero-order chi connectivity index (χ0) is 20.3. The molecule has 1 heterocycles. The molecule has 2 aromatic rings. The maximum Gasteiger partial charge on any atom is 0.339 e. The zero-order valence-electron chi connectivity index (χ0n) is 15.1. The molecule has 8 heteroatoms. The molecule has 0 saturated carbocycles. The lowest BCUT2D eigenvalue weighted by Gasteiger charge is -2.19. The van der Waals surface area contributed by atoms with Gasteiger partial charge in [0.1, 0.15) is 23.5 Å². The molecule has 2 aromatic carbocycles. The highest BCUT2D eigenvalue weighted by molar-refractivity contribution is 5.91. The molecule has 1 aliphatic heterocycles. The van der Waals surface area contributed by atoms with Gasteiger partial charge in [-0.25, -0.2) is 9.59 Å². The molecule has 0 aromatic heterocycles. The van der Waals surface area contributed by atoms with Crippen LogP contribution in [0.25, 0.3) is 0 Å². The quantitative estimate of drug-likeness (QED) is 0.379. The van der Waals surface area contributed by atoms with Gasteiger partial charge < -0.3 is 31.2 Å². The third kappa shape index (κ3) is 4.72. The summed E-state index contributed by atoms with van der Waals surface area (Å²) in [5, 5.41) is 18.7. The number of carboxylic acid groups (broad SMARTS) is 2. The standard InChI is InChI=1S/C20H22N2O6/c21-12-4-6-14(19(23)24)11(8-12)2-1-3-16(18-10-27-18)28-17-9-13(22)5-7-15(17)20(25)26/h4-9,16,18H,1-3,10,21-22H2,(H,23,24)(H,25,26). The van der Waals surface area contributed by atoms with E-state index in [-0.39, 0.29) is 29.1 Å². The molecule has 0 aliphatic carbocycles. The second-order valence-electron chi connectivity index (χ2n) is 6.70. The van der Waals surface area contributed by atoms with Crippen LogP contribution >= 0.6 is 0 Å². The molecule has 3 rings (SSSR count). The van der Waals surface area contributed by atoms with Gasteiger partial charge in [0.15, 0.2) is 0 Å². The SMILES string of the molecule is Nc1ccc(C(=O)O)c(CCCC(Oc2cc(N)ccc2C(=O)O)C2CO2)c1. The Bertz CT molecular complexity index is 894. The number of hydrogen-bond acceptors (Lipinski definition) is 6. The average molecular weight is 386 g/mol. The summed E-state index contributed by atoms with van der Waals surface area (Å²) < 4.78 is 11.3. The highest BCUT2D eigenvalue weighted by Gasteiger charge is 2.35. The van der Waals surface area contributed by atoms with Crippen molar-refractivity contribution in [3.8, 4) is 5.75 Å². The first kappa shape index (κ1) is 19.5. The number of rotatable bonds is 9. The van der Waals surface area contributed by atoms with Gasteiger partial charge in [0.2, 0.25) is 0 Å². The number of aromatic carboxylic acids is 2. The van der Waals surface area contributed by atoms with Gasteiger partial charge in [-0.1, -0.05) is 0 Å². The molecule has 0 spiro atoms. The largest absolute Gasteiger partial charge is 0.487 e. The number of carbonyl (C=O) groups is 2. The van der Waals surface area contributed by atoms with Gasteiger partial charge in [-0.05, 0) is 55.2 Å². The second kappa shape index (κ2) is 8.18. The van der Waals surface area contributed by atoms with Gasteiger partial charge in [-0.3, -0.25) is 0 Å². The number of nitrogens with two attached hydrogens (primary N) is 2. The van der Waals surface area contributed by atoms with Crippen molar-refractivity contribution in [2.24, 2.45) is 0 Å². The number of epoxide rings is 1. The van der Waals surface area contributed by atoms with Gasteiger partial charge in [0.05, 0.1) is 12.2 Å². The Morgan fingerprint density at radius 3 is 2.29 bits per heavy atom. The first-order chi connectivity index (χ1) is 13.3. The Balaban J connectivity index is 1.69. The van der Waals surface area contributed by atoms with Crippen molar-refractivity contribution in [1.29, 1.82) is 0 Å². The lowest BCUT2D eigenvalue weighted by Crippen LogP contribution is -2.24. The molecule has 0 amide bonds. The minimum atomic E-state index is -1.10. The number of benzene rings is 2. The molecule has 1 aliphatic rings. The molecule has 8 nitrogen and oxygen atoms in total. The average Bonchev–Trinajstić information content (AvgIpc) is 3.45. The monoisotopic (exact) mass is 386 g/mol. The lowest BCUT2D eigenvalue weighted by atomic mass is 9.99. The maximum atomic E-state index is 11.4. The van der Waals surface area contributed by atoms with Crippen molar-refractivity contribution in [2.75, 3.05) is 18.1 Å². The van der Waals surface area contributed by atoms with E-state index in [0.29, 0.717) is 42.8 Å². The first-order valence-electron chi connectivity index (χ1n) is 8.88. The van der Waals surface area contributed by atoms with Crippen LogP contribution in [0.1, 0.15) is 39.1 Å². The normalized spacial score (nSPS) is 16.4. The summed E-state index contributed by atoms with van der Waals surface area (Å²) in [5.41, 5.74) is 13.3. The molecular weight excluding hydrogens is 364 g/mol. The van der Waals surface area contributed by atoms with E-state index in [4.69, 9.17) is 20.9 Å². The van der Waals surface area contributed by atoms with Gasteiger partial charge >= 0.3 is 11.9 Å². The highest BCUT2D eigenvalue weighted by Crippen LogP contribution is 2.29. The summed E-state index contributed by atoms with van der Waals surface area (Å²) in [6.07, 6.45) is 1.21. The number of hydrogen-bond donors (Lipinski definition) is 4. The second-order valence-corrected chi connectivity index (χ2v) is 6.70. The van der Waals surface area contributed by atoms with Crippen LogP contribution in [0, 0.1) is 0 Å². The number of anilines is 2. The Labute approximate surface area is 161 Å². The number of aryl methyl sites for hydroxylation is 1. The Morgan fingerprint density at radius 1 is 1.07 bits per heavy atom. The summed E-state index contributed by atoms with van der Waals surface area (Å²) in [6.45, 7) is 0.536. The molecule has 1 fully saturated rings. The van der Waals surface area contributed by atoms with E-state index < -0.39 is 11.9 Å². The van der Waals surface area contributed by atoms with Crippen molar-refractivity contribution in [3.63, 3.8) is 0 Å². The van der Waals surface area contributed by atoms with Crippen molar-refractivity contribution in [3.05, 3.63) is 53.1 Å². The van der Waals surface area contributed by atoms with Crippen LogP contribution in [0.2, 0.25) is 0 Å². The predicted molar refractivity (Wildman–Crippen MR) is 103 cm³/mol. The lowest BCUT2D eigenvalue weighted by molar-refractivity contribution is 0.0679. The molecule has 148 valence electrons. The third-order valence-electron chi connectivity index (χ3n) is 4.58. The third-order valence-corrected chi connectivity index (χ3v) is 4.58. The Kier molecular flexibility index (Phi) is 5.70. The molecule has 2 atom stereocenters. The number of carboxylic acids is 2. The summed E-state index contributed by atoms with van der Waals surface area (Å²) in [7, 11) is 0. The molecule has 28 heavy (non-hydrogen) atoms. The fourth-order valence-electron chi connectivity index (χ4n) is 3.09. The van der Waals surface area contributed by atoms with Crippen LogP contribution in [-0.4, -0.2) is 41.0 Å². The topological polar surface area (TPSA) is 148 Å². The summed E-state index contributed by atoms with van der Waals surface area (Å²) in [5.74, 6) is -1.90. The van der Waals surface area contributed by atoms with E-state index in [1.807, 2.05) is 0 Å². The number of ether oxygens (including phenoxy) is 2. The molecule has 0 bridgehead atoms. The Hall–Kier alpha value is -3.26. The van der Waals surface area contributed by atoms with Crippen LogP contribution in [0.5, 0.6) is 5.75 Å². The minimum absolute atomic E-state index is 0.0313. The highest BCUT2D eigenvalue weighted by atomic mass is 16.6. The van der Waals surface area contributed by atoms with E-state index in [0.717, 1.165) is 0 Å². The van der Waals surface area contributed by atoms with E-state index in [9.17, 15) is 19.8 Å². The maximum absolute atomic E-state index is 11.4. The van der Waals surface area contributed by atoms with Crippen LogP contribution in [-0.2, 0) is 11.2 Å². The van der Waals surface area contributed by atoms with Crippen LogP contribution in [0.15, 0.2) is 36.4 Å². The van der Waals surface area contributed by atoms with Crippen molar-refractivity contribution < 1.29 is 29.3 Å². The van der Waals surface area contributed by atoms with Crippen molar-refractivity contribution in [2.45, 2.75) is 31.5 Å². The fraction of sp³-hybridized carbons (Fsp3) is 0.300. The summed E-state index contributed by atoms with van der Waals surface area (Å²) >= 11 is 0. The number of nitrogen functional groups attached to an aromatic ring is 2. The summed E-state index contributed by atoms with van der Waals surface area (Å²) in [6, 6.07) is 9.11. The van der Waals surface area contributed by atoms with Gasteiger partial charge in [0, 0.05) is 17.4 Å². The molecule has 2 unspecified atom stereocenters. The van der Waals surface area contributed by atoms with Crippen molar-refractivity contribution in [1.82, 2.24) is 0 Å². The van der Waals surface area contributed by atoms with Gasteiger partial charge in [-0.2, -0.15) is 0 Å². The Morgan fingerprint density at radius 2 is 1.68 bits per heavy atom. The van der Waals surface area contributed by atoms with E-state index in [1.165, 1.54) is 24.3 Å². The first-order valence-corrected chi connectivity index (χ1v) is 8.88. The molecule has 6 N–H and O–H groups in total. The minimum Gasteiger partial charge on any atom is -0.487 e. The van der Waals surface area contributed by atoms with Crippen LogP contribution in [0.3, 0.4) is 0 Å². The van der Waals surface area contributed by atoms with E-state index in [2.05, 4.69) is 0 Å². The smallest absolute Gasteiger partial charge is 0.339 e. The molecule has 1 saturated heterocycles. The van der Waals surface area contributed by atoms with E-state index in [1.54, 1.807) is 12.1 Å². The van der Waals surface area contributed by atoms with Gasteiger partial charge in [-0.15, -0.1) is 0 Å². The summed E-state index contributed by atoms with van der Waals surface area (Å²) in [4.78, 5) is 22.8. The van der Waals surface area contributed by atoms with Crippen molar-refractivity contribution >= 4 is 23.3 Å². The van der Waals surface area contributed by atoms with E-state index >= 15 is 0 Å². The van der Waals surface area contributed by atoms with Gasteiger partial charge in [0.25, 0.3) is 0 Å². The van der Waals surface area contributed by atoms with Crippen LogP contribution in [0.4, 0.5) is 11.4 Å². The van der Waals surface area contributed by atoms with Crippen LogP contribution < -0.4 is 16.2 Å². The zero-order valence-corrected chi connectivity index (χ0v) is 15.1. The predicted octanol–water partition coefficient (Wildman–Crippen LogP) is 2.42. The molecule has 0 radical (unpaired) electrons.